The highest BCUT2D eigenvalue weighted by atomic mass is 32.2. The Hall–Kier alpha value is -5.09. The molecular formula is C29H24N4O5S. The molecule has 3 N–H and O–H groups in total. The van der Waals surface area contributed by atoms with E-state index in [1.54, 1.807) is 72.8 Å². The number of hydrogen-bond donors (Lipinski definition) is 3. The highest BCUT2D eigenvalue weighted by molar-refractivity contribution is 7.92. The standard InChI is InChI=1S/C29H24N4O5S/c34-28(32-23-14-11-21-17-18-30-27(21)19-23)20-31-29(35)22-12-15-26(16-13-22)39(36,37)33(24-7-3-1-4-8-24)38-25-9-5-2-6-10-25/h1-19,30H,20H2,(H,31,35)(H,32,34). The maximum atomic E-state index is 13.5. The van der Waals surface area contributed by atoms with Crippen LogP contribution in [0.3, 0.4) is 0 Å². The van der Waals surface area contributed by atoms with Gasteiger partial charge in [0.2, 0.25) is 5.91 Å². The fourth-order valence-electron chi connectivity index (χ4n) is 3.83. The molecule has 5 rings (SSSR count). The molecule has 39 heavy (non-hydrogen) atoms. The van der Waals surface area contributed by atoms with Crippen LogP contribution in [0.4, 0.5) is 11.4 Å². The van der Waals surface area contributed by atoms with Crippen molar-refractivity contribution in [3.63, 3.8) is 0 Å². The molecule has 0 aliphatic heterocycles. The molecule has 4 aromatic carbocycles. The molecule has 0 fully saturated rings. The van der Waals surface area contributed by atoms with E-state index in [0.29, 0.717) is 17.1 Å². The lowest BCUT2D eigenvalue weighted by molar-refractivity contribution is -0.115. The molecule has 9 nitrogen and oxygen atoms in total. The van der Waals surface area contributed by atoms with E-state index in [0.717, 1.165) is 15.4 Å². The fourth-order valence-corrected chi connectivity index (χ4v) is 5.09. The van der Waals surface area contributed by atoms with Gasteiger partial charge in [-0.2, -0.15) is 8.42 Å². The van der Waals surface area contributed by atoms with E-state index in [2.05, 4.69) is 15.6 Å². The highest BCUT2D eigenvalue weighted by Crippen LogP contribution is 2.26. The predicted octanol–water partition coefficient (Wildman–Crippen LogP) is 4.73. The quantitative estimate of drug-likeness (QED) is 0.234. The van der Waals surface area contributed by atoms with Gasteiger partial charge in [0.15, 0.2) is 5.75 Å². The lowest BCUT2D eigenvalue weighted by atomic mass is 10.2. The number of carbonyl (C=O) groups is 2. The molecule has 0 unspecified atom stereocenters. The second-order valence-electron chi connectivity index (χ2n) is 8.51. The number of anilines is 2. The summed E-state index contributed by atoms with van der Waals surface area (Å²) in [6, 6.07) is 29.7. The first kappa shape index (κ1) is 25.6. The Kier molecular flexibility index (Phi) is 7.28. The molecule has 0 aliphatic rings. The minimum Gasteiger partial charge on any atom is -0.364 e. The third-order valence-electron chi connectivity index (χ3n) is 5.78. The number of carbonyl (C=O) groups excluding carboxylic acids is 2. The number of aromatic nitrogens is 1. The van der Waals surface area contributed by atoms with E-state index in [1.807, 2.05) is 18.3 Å². The molecule has 0 spiro atoms. The molecule has 1 heterocycles. The number of nitrogens with zero attached hydrogens (tertiary/aromatic N) is 1. The fraction of sp³-hybridized carbons (Fsp3) is 0.0345. The Labute approximate surface area is 225 Å². The minimum atomic E-state index is -4.15. The van der Waals surface area contributed by atoms with Crippen LogP contribution in [-0.2, 0) is 14.8 Å². The lowest BCUT2D eigenvalue weighted by Crippen LogP contribution is -2.34. The molecule has 0 radical (unpaired) electrons. The molecule has 0 saturated carbocycles. The number of benzene rings is 4. The van der Waals surface area contributed by atoms with Crippen LogP contribution in [-0.4, -0.2) is 31.8 Å². The van der Waals surface area contributed by atoms with Crippen molar-refractivity contribution in [1.82, 2.24) is 10.3 Å². The zero-order valence-electron chi connectivity index (χ0n) is 20.6. The van der Waals surface area contributed by atoms with Crippen LogP contribution in [0.25, 0.3) is 10.9 Å². The normalized spacial score (nSPS) is 11.1. The Morgan fingerprint density at radius 1 is 0.821 bits per heavy atom. The third-order valence-corrected chi connectivity index (χ3v) is 7.37. The zero-order valence-corrected chi connectivity index (χ0v) is 21.4. The molecule has 2 amide bonds. The molecule has 1 aromatic heterocycles. The van der Waals surface area contributed by atoms with E-state index in [1.165, 1.54) is 24.3 Å². The summed E-state index contributed by atoms with van der Waals surface area (Å²) in [5.74, 6) is -0.577. The average molecular weight is 541 g/mol. The second kappa shape index (κ2) is 11.1. The SMILES string of the molecule is O=C(CNC(=O)c1ccc(S(=O)(=O)N(Oc2ccccc2)c2ccccc2)cc1)Nc1ccc2cc[nH]c2c1. The molecular weight excluding hydrogens is 516 g/mol. The first-order chi connectivity index (χ1) is 18.9. The monoisotopic (exact) mass is 540 g/mol. The highest BCUT2D eigenvalue weighted by Gasteiger charge is 2.27. The van der Waals surface area contributed by atoms with Gasteiger partial charge in [-0.25, -0.2) is 0 Å². The number of H-pyrrole nitrogens is 1. The summed E-state index contributed by atoms with van der Waals surface area (Å²) in [6.07, 6.45) is 1.81. The van der Waals surface area contributed by atoms with Crippen LogP contribution in [0.1, 0.15) is 10.4 Å². The van der Waals surface area contributed by atoms with Crippen molar-refractivity contribution in [1.29, 1.82) is 0 Å². The summed E-state index contributed by atoms with van der Waals surface area (Å²) in [4.78, 5) is 33.7. The first-order valence-corrected chi connectivity index (χ1v) is 13.4. The van der Waals surface area contributed by atoms with E-state index < -0.39 is 21.8 Å². The molecule has 196 valence electrons. The van der Waals surface area contributed by atoms with Crippen molar-refractivity contribution < 1.29 is 22.8 Å². The molecule has 0 atom stereocenters. The Bertz CT molecular complexity index is 1700. The van der Waals surface area contributed by atoms with Crippen molar-refractivity contribution in [2.75, 3.05) is 16.3 Å². The van der Waals surface area contributed by atoms with Crippen molar-refractivity contribution in [3.8, 4) is 5.75 Å². The number of nitrogens with one attached hydrogen (secondary N) is 3. The van der Waals surface area contributed by atoms with Crippen molar-refractivity contribution >= 4 is 44.1 Å². The molecule has 0 saturated heterocycles. The molecule has 10 heteroatoms. The lowest BCUT2D eigenvalue weighted by Gasteiger charge is -2.24. The Morgan fingerprint density at radius 3 is 2.23 bits per heavy atom. The second-order valence-corrected chi connectivity index (χ2v) is 10.3. The summed E-state index contributed by atoms with van der Waals surface area (Å²) in [5, 5.41) is 6.30. The number of hydrogen-bond acceptors (Lipinski definition) is 5. The van der Waals surface area contributed by atoms with Gasteiger partial charge in [0.05, 0.1) is 17.1 Å². The van der Waals surface area contributed by atoms with Gasteiger partial charge in [-0.1, -0.05) is 46.9 Å². The van der Waals surface area contributed by atoms with Crippen LogP contribution in [0, 0.1) is 0 Å². The van der Waals surface area contributed by atoms with Gasteiger partial charge in [-0.05, 0) is 72.1 Å². The van der Waals surface area contributed by atoms with Gasteiger partial charge >= 0.3 is 0 Å². The van der Waals surface area contributed by atoms with Gasteiger partial charge in [0.1, 0.15) is 0 Å². The maximum absolute atomic E-state index is 13.5. The van der Waals surface area contributed by atoms with Crippen LogP contribution in [0.5, 0.6) is 5.75 Å². The number of aromatic amines is 1. The van der Waals surface area contributed by atoms with E-state index in [-0.39, 0.29) is 17.0 Å². The van der Waals surface area contributed by atoms with E-state index >= 15 is 0 Å². The summed E-state index contributed by atoms with van der Waals surface area (Å²) < 4.78 is 27.9. The predicted molar refractivity (Wildman–Crippen MR) is 149 cm³/mol. The molecule has 0 bridgehead atoms. The van der Waals surface area contributed by atoms with Crippen LogP contribution >= 0.6 is 0 Å². The molecule has 5 aromatic rings. The maximum Gasteiger partial charge on any atom is 0.295 e. The van der Waals surface area contributed by atoms with Crippen molar-refractivity contribution in [3.05, 3.63) is 121 Å². The van der Waals surface area contributed by atoms with Crippen LogP contribution < -0.4 is 19.9 Å². The average Bonchev–Trinajstić information content (AvgIpc) is 3.44. The number of para-hydroxylation sites is 2. The van der Waals surface area contributed by atoms with E-state index in [9.17, 15) is 18.0 Å². The summed E-state index contributed by atoms with van der Waals surface area (Å²) >= 11 is 0. The summed E-state index contributed by atoms with van der Waals surface area (Å²) in [5.41, 5.74) is 1.99. The summed E-state index contributed by atoms with van der Waals surface area (Å²) in [6.45, 7) is -0.256. The summed E-state index contributed by atoms with van der Waals surface area (Å²) in [7, 11) is -4.15. The third kappa shape index (κ3) is 5.91. The van der Waals surface area contributed by atoms with Gasteiger partial charge in [0, 0.05) is 23.0 Å². The number of sulfonamides is 1. The Morgan fingerprint density at radius 2 is 1.51 bits per heavy atom. The number of fused-ring (bicyclic) bond motifs is 1. The molecule has 0 aliphatic carbocycles. The first-order valence-electron chi connectivity index (χ1n) is 12.0. The van der Waals surface area contributed by atoms with Crippen molar-refractivity contribution in [2.24, 2.45) is 0 Å². The van der Waals surface area contributed by atoms with Crippen molar-refractivity contribution in [2.45, 2.75) is 4.90 Å². The van der Waals surface area contributed by atoms with Crippen LogP contribution in [0.2, 0.25) is 0 Å². The van der Waals surface area contributed by atoms with Gasteiger partial charge in [-0.3, -0.25) is 9.59 Å². The van der Waals surface area contributed by atoms with Gasteiger partial charge in [-0.15, -0.1) is 0 Å². The number of rotatable bonds is 9. The minimum absolute atomic E-state index is 0.0729. The topological polar surface area (TPSA) is 121 Å². The van der Waals surface area contributed by atoms with Gasteiger partial charge in [0.25, 0.3) is 15.9 Å². The van der Waals surface area contributed by atoms with Gasteiger partial charge < -0.3 is 20.5 Å². The number of amides is 2. The van der Waals surface area contributed by atoms with E-state index in [4.69, 9.17) is 4.84 Å². The smallest absolute Gasteiger partial charge is 0.295 e. The zero-order chi connectivity index (χ0) is 27.2. The van der Waals surface area contributed by atoms with Crippen LogP contribution in [0.15, 0.2) is 120 Å². The largest absolute Gasteiger partial charge is 0.364 e. The Balaban J connectivity index is 1.26.